The highest BCUT2D eigenvalue weighted by Gasteiger charge is 2.33. The van der Waals surface area contributed by atoms with Crippen molar-refractivity contribution in [1.29, 1.82) is 0 Å². The molecule has 1 aromatic carbocycles. The third-order valence-corrected chi connectivity index (χ3v) is 5.84. The van der Waals surface area contributed by atoms with Crippen LogP contribution in [0.3, 0.4) is 0 Å². The molecular formula is C23H24F3N7O5. The fourth-order valence-corrected chi connectivity index (χ4v) is 3.86. The number of halogens is 3. The highest BCUT2D eigenvalue weighted by molar-refractivity contribution is 5.98. The molecule has 1 saturated heterocycles. The topological polar surface area (TPSA) is 142 Å². The van der Waals surface area contributed by atoms with Gasteiger partial charge in [0.2, 0.25) is 11.7 Å². The third-order valence-electron chi connectivity index (χ3n) is 5.84. The van der Waals surface area contributed by atoms with E-state index in [2.05, 4.69) is 30.0 Å². The molecule has 0 amide bonds. The van der Waals surface area contributed by atoms with Gasteiger partial charge in [0, 0.05) is 24.9 Å². The number of rotatable bonds is 8. The molecule has 1 aliphatic heterocycles. The van der Waals surface area contributed by atoms with Gasteiger partial charge in [0.25, 0.3) is 0 Å². The zero-order valence-corrected chi connectivity index (χ0v) is 20.7. The molecule has 12 nitrogen and oxygen atoms in total. The van der Waals surface area contributed by atoms with Crippen LogP contribution in [0, 0.1) is 10.1 Å². The molecule has 0 aliphatic carbocycles. The van der Waals surface area contributed by atoms with E-state index in [1.165, 1.54) is 19.1 Å². The van der Waals surface area contributed by atoms with E-state index in [-0.39, 0.29) is 29.2 Å². The number of aromatic nitrogens is 4. The molecule has 0 unspecified atom stereocenters. The summed E-state index contributed by atoms with van der Waals surface area (Å²) in [6.45, 7) is 6.38. The second kappa shape index (κ2) is 11.0. The molecular weight excluding hydrogens is 511 g/mol. The number of nitro groups is 1. The van der Waals surface area contributed by atoms with Crippen LogP contribution in [0.15, 0.2) is 40.3 Å². The monoisotopic (exact) mass is 535 g/mol. The second-order valence-electron chi connectivity index (χ2n) is 8.86. The summed E-state index contributed by atoms with van der Waals surface area (Å²) in [6, 6.07) is 4.94. The number of ether oxygens (including phenoxy) is 1. The fraction of sp³-hybridized carbons (Fsp3) is 0.435. The minimum Gasteiger partial charge on any atom is -0.406 e. The van der Waals surface area contributed by atoms with Gasteiger partial charge in [0.15, 0.2) is 5.82 Å². The maximum atomic E-state index is 12.4. The predicted octanol–water partition coefficient (Wildman–Crippen LogP) is 4.98. The Balaban J connectivity index is 1.47. The van der Waals surface area contributed by atoms with Crippen molar-refractivity contribution in [3.05, 3.63) is 58.0 Å². The number of piperidine rings is 1. The lowest BCUT2D eigenvalue weighted by atomic mass is 9.96. The maximum absolute atomic E-state index is 12.4. The van der Waals surface area contributed by atoms with Crippen LogP contribution < -0.4 is 14.5 Å². The number of hydrogen-bond donors (Lipinski definition) is 0. The normalized spacial score (nSPS) is 15.1. The van der Waals surface area contributed by atoms with Crippen LogP contribution in [0.25, 0.3) is 0 Å². The van der Waals surface area contributed by atoms with Gasteiger partial charge in [-0.15, -0.1) is 13.2 Å². The molecule has 0 atom stereocenters. The standard InChI is InChI=1S/C23H24F3N7O5/c1-13(2)19-29-21(37-31-19)16-8-10-32(11-9-16)20-18(33(34)35)22(28-12-27-20)38-30-14(3)15-4-6-17(7-5-15)36-23(24,25)26/h4-7,12-13,16H,8-11H2,1-3H3/b30-14-. The van der Waals surface area contributed by atoms with E-state index in [0.717, 1.165) is 18.5 Å². The zero-order valence-electron chi connectivity index (χ0n) is 20.7. The van der Waals surface area contributed by atoms with Crippen LogP contribution in [0.2, 0.25) is 0 Å². The second-order valence-corrected chi connectivity index (χ2v) is 8.86. The van der Waals surface area contributed by atoms with E-state index in [4.69, 9.17) is 9.36 Å². The number of nitrogens with zero attached hydrogens (tertiary/aromatic N) is 7. The molecule has 0 N–H and O–H groups in total. The Hall–Kier alpha value is -4.30. The van der Waals surface area contributed by atoms with Crippen LogP contribution in [0.4, 0.5) is 24.7 Å². The van der Waals surface area contributed by atoms with Crippen molar-refractivity contribution < 1.29 is 32.2 Å². The minimum atomic E-state index is -4.81. The first-order valence-electron chi connectivity index (χ1n) is 11.7. The van der Waals surface area contributed by atoms with Crippen molar-refractivity contribution in [3.63, 3.8) is 0 Å². The van der Waals surface area contributed by atoms with E-state index < -0.39 is 22.7 Å². The Morgan fingerprint density at radius 3 is 2.47 bits per heavy atom. The summed E-state index contributed by atoms with van der Waals surface area (Å²) in [5, 5.41) is 19.8. The molecule has 38 heavy (non-hydrogen) atoms. The highest BCUT2D eigenvalue weighted by Crippen LogP contribution is 2.37. The average Bonchev–Trinajstić information content (AvgIpc) is 3.37. The molecule has 3 aromatic rings. The molecule has 3 heterocycles. The van der Waals surface area contributed by atoms with Crippen LogP contribution in [-0.4, -0.2) is 50.2 Å². The molecule has 1 fully saturated rings. The van der Waals surface area contributed by atoms with E-state index in [1.54, 1.807) is 4.90 Å². The first-order valence-corrected chi connectivity index (χ1v) is 11.7. The molecule has 15 heteroatoms. The first-order chi connectivity index (χ1) is 18.0. The summed E-state index contributed by atoms with van der Waals surface area (Å²) in [5.74, 6) is 0.695. The van der Waals surface area contributed by atoms with E-state index in [0.29, 0.717) is 43.2 Å². The molecule has 0 spiro atoms. The van der Waals surface area contributed by atoms with Crippen LogP contribution in [0.1, 0.15) is 62.7 Å². The van der Waals surface area contributed by atoms with Crippen molar-refractivity contribution in [2.24, 2.45) is 5.16 Å². The zero-order chi connectivity index (χ0) is 27.4. The fourth-order valence-electron chi connectivity index (χ4n) is 3.86. The molecule has 1 aliphatic rings. The summed E-state index contributed by atoms with van der Waals surface area (Å²) in [7, 11) is 0. The lowest BCUT2D eigenvalue weighted by molar-refractivity contribution is -0.385. The lowest BCUT2D eigenvalue weighted by Gasteiger charge is -2.30. The van der Waals surface area contributed by atoms with Crippen LogP contribution in [0.5, 0.6) is 11.6 Å². The van der Waals surface area contributed by atoms with Gasteiger partial charge in [-0.3, -0.25) is 10.1 Å². The van der Waals surface area contributed by atoms with Crippen LogP contribution >= 0.6 is 0 Å². The van der Waals surface area contributed by atoms with Crippen molar-refractivity contribution in [2.45, 2.75) is 51.8 Å². The van der Waals surface area contributed by atoms with Crippen molar-refractivity contribution in [1.82, 2.24) is 20.1 Å². The van der Waals surface area contributed by atoms with E-state index in [1.807, 2.05) is 13.8 Å². The summed E-state index contributed by atoms with van der Waals surface area (Å²) in [6.07, 6.45) is -2.41. The maximum Gasteiger partial charge on any atom is 0.573 e. The predicted molar refractivity (Wildman–Crippen MR) is 127 cm³/mol. The van der Waals surface area contributed by atoms with Gasteiger partial charge in [0.1, 0.15) is 12.1 Å². The Morgan fingerprint density at radius 2 is 1.89 bits per heavy atom. The van der Waals surface area contributed by atoms with E-state index in [9.17, 15) is 23.3 Å². The van der Waals surface area contributed by atoms with Gasteiger partial charge >= 0.3 is 17.9 Å². The number of alkyl halides is 3. The third kappa shape index (κ3) is 6.33. The van der Waals surface area contributed by atoms with Gasteiger partial charge < -0.3 is 19.0 Å². The Labute approximate surface area is 214 Å². The summed E-state index contributed by atoms with van der Waals surface area (Å²) >= 11 is 0. The number of anilines is 1. The Bertz CT molecular complexity index is 1300. The molecule has 2 aromatic heterocycles. The van der Waals surface area contributed by atoms with Crippen molar-refractivity contribution in [2.75, 3.05) is 18.0 Å². The number of benzene rings is 1. The highest BCUT2D eigenvalue weighted by atomic mass is 19.4. The summed E-state index contributed by atoms with van der Waals surface area (Å²) < 4.78 is 46.3. The van der Waals surface area contributed by atoms with Gasteiger partial charge in [-0.2, -0.15) is 9.97 Å². The SMILES string of the molecule is C/C(=N/Oc1ncnc(N2CCC(c3nc(C(C)C)no3)CC2)c1[N+](=O)[O-])c1ccc(OC(F)(F)F)cc1. The van der Waals surface area contributed by atoms with Crippen molar-refractivity contribution >= 4 is 17.2 Å². The first kappa shape index (κ1) is 26.8. The van der Waals surface area contributed by atoms with E-state index >= 15 is 0 Å². The molecule has 0 radical (unpaired) electrons. The number of oxime groups is 1. The van der Waals surface area contributed by atoms with Gasteiger partial charge in [-0.25, -0.2) is 4.98 Å². The summed E-state index contributed by atoms with van der Waals surface area (Å²) in [4.78, 5) is 30.8. The van der Waals surface area contributed by atoms with Gasteiger partial charge in [-0.05, 0) is 49.6 Å². The molecule has 0 bridgehead atoms. The van der Waals surface area contributed by atoms with Gasteiger partial charge in [-0.1, -0.05) is 24.2 Å². The van der Waals surface area contributed by atoms with Crippen LogP contribution in [-0.2, 0) is 0 Å². The quantitative estimate of drug-likeness (QED) is 0.220. The molecule has 0 saturated carbocycles. The smallest absolute Gasteiger partial charge is 0.406 e. The minimum absolute atomic E-state index is 0.0306. The Kier molecular flexibility index (Phi) is 7.73. The Morgan fingerprint density at radius 1 is 1.21 bits per heavy atom. The largest absolute Gasteiger partial charge is 0.573 e. The number of hydrogen-bond acceptors (Lipinski definition) is 11. The summed E-state index contributed by atoms with van der Waals surface area (Å²) in [5.41, 5.74) is 0.218. The average molecular weight is 535 g/mol. The van der Waals surface area contributed by atoms with Gasteiger partial charge in [0.05, 0.1) is 10.6 Å². The molecule has 4 rings (SSSR count). The lowest BCUT2D eigenvalue weighted by Crippen LogP contribution is -2.34. The van der Waals surface area contributed by atoms with Crippen molar-refractivity contribution in [3.8, 4) is 11.6 Å². The molecule has 202 valence electrons.